The highest BCUT2D eigenvalue weighted by molar-refractivity contribution is 5.78. The van der Waals surface area contributed by atoms with Crippen LogP contribution in [-0.2, 0) is 18.4 Å². The van der Waals surface area contributed by atoms with E-state index in [4.69, 9.17) is 5.26 Å². The van der Waals surface area contributed by atoms with E-state index in [9.17, 15) is 4.79 Å². The van der Waals surface area contributed by atoms with E-state index in [0.29, 0.717) is 12.1 Å². The van der Waals surface area contributed by atoms with Crippen LogP contribution in [0.25, 0.3) is 0 Å². The summed E-state index contributed by atoms with van der Waals surface area (Å²) >= 11 is 0. The number of rotatable bonds is 4. The van der Waals surface area contributed by atoms with Crippen LogP contribution in [0.3, 0.4) is 0 Å². The molecule has 5 heteroatoms. The summed E-state index contributed by atoms with van der Waals surface area (Å²) in [6, 6.07) is 4.33. The molecule has 2 rings (SSSR count). The summed E-state index contributed by atoms with van der Waals surface area (Å²) < 4.78 is 1.90. The Kier molecular flexibility index (Phi) is 3.68. The molecule has 0 saturated carbocycles. The van der Waals surface area contributed by atoms with Crippen molar-refractivity contribution in [1.29, 1.82) is 5.26 Å². The maximum absolute atomic E-state index is 11.0. The molecule has 0 bridgehead atoms. The Hall–Kier alpha value is -1.80. The molecular weight excluding hydrogens is 228 g/mol. The molecule has 5 nitrogen and oxygen atoms in total. The summed E-state index contributed by atoms with van der Waals surface area (Å²) in [6.45, 7) is 3.52. The monoisotopic (exact) mass is 246 g/mol. The molecule has 1 unspecified atom stereocenters. The number of aromatic nitrogens is 1. The normalized spacial score (nSPS) is 18.7. The van der Waals surface area contributed by atoms with E-state index < -0.39 is 0 Å². The lowest BCUT2D eigenvalue weighted by Crippen LogP contribution is -2.35. The van der Waals surface area contributed by atoms with Crippen LogP contribution in [0.2, 0.25) is 0 Å². The van der Waals surface area contributed by atoms with Crippen LogP contribution >= 0.6 is 0 Å². The van der Waals surface area contributed by atoms with E-state index in [0.717, 1.165) is 30.8 Å². The van der Waals surface area contributed by atoms with Gasteiger partial charge in [0.25, 0.3) is 0 Å². The van der Waals surface area contributed by atoms with Crippen molar-refractivity contribution in [2.45, 2.75) is 32.4 Å². The van der Waals surface area contributed by atoms with Gasteiger partial charge in [-0.25, -0.2) is 0 Å². The molecule has 1 amide bonds. The minimum Gasteiger partial charge on any atom is -0.352 e. The number of nitriles is 1. The molecule has 1 aliphatic heterocycles. The van der Waals surface area contributed by atoms with Gasteiger partial charge in [-0.05, 0) is 25.0 Å². The zero-order valence-corrected chi connectivity index (χ0v) is 10.8. The van der Waals surface area contributed by atoms with Gasteiger partial charge in [-0.2, -0.15) is 5.26 Å². The second kappa shape index (κ2) is 5.23. The van der Waals surface area contributed by atoms with Crippen molar-refractivity contribution in [2.75, 3.05) is 6.54 Å². The quantitative estimate of drug-likeness (QED) is 0.816. The summed E-state index contributed by atoms with van der Waals surface area (Å²) in [4.78, 5) is 11.0. The first-order valence-electron chi connectivity index (χ1n) is 6.17. The Morgan fingerprint density at radius 2 is 2.44 bits per heavy atom. The number of carbonyl (C=O) groups excluding carboxylic acids is 1. The fourth-order valence-electron chi connectivity index (χ4n) is 2.26. The fraction of sp³-hybridized carbons (Fsp3) is 0.538. The molecule has 2 N–H and O–H groups in total. The van der Waals surface area contributed by atoms with Crippen molar-refractivity contribution < 1.29 is 4.79 Å². The first-order chi connectivity index (χ1) is 8.61. The third-order valence-corrected chi connectivity index (χ3v) is 3.55. The third-order valence-electron chi connectivity index (χ3n) is 3.55. The lowest BCUT2D eigenvalue weighted by molar-refractivity contribution is -0.119. The highest BCUT2D eigenvalue weighted by atomic mass is 16.1. The fourth-order valence-corrected chi connectivity index (χ4v) is 2.26. The lowest BCUT2D eigenvalue weighted by Gasteiger charge is -2.11. The van der Waals surface area contributed by atoms with Crippen LogP contribution in [0.1, 0.15) is 29.8 Å². The molecule has 1 aliphatic rings. The van der Waals surface area contributed by atoms with E-state index in [1.807, 2.05) is 24.6 Å². The molecule has 1 aromatic heterocycles. The molecule has 0 radical (unpaired) electrons. The maximum atomic E-state index is 11.0. The molecule has 2 heterocycles. The highest BCUT2D eigenvalue weighted by Gasteiger charge is 2.20. The van der Waals surface area contributed by atoms with Crippen LogP contribution in [0.15, 0.2) is 6.07 Å². The van der Waals surface area contributed by atoms with Crippen molar-refractivity contribution >= 4 is 5.91 Å². The van der Waals surface area contributed by atoms with Gasteiger partial charge in [0.15, 0.2) is 0 Å². The first kappa shape index (κ1) is 12.7. The lowest BCUT2D eigenvalue weighted by atomic mass is 10.2. The molecule has 0 spiro atoms. The van der Waals surface area contributed by atoms with Gasteiger partial charge in [-0.1, -0.05) is 0 Å². The average Bonchev–Trinajstić information content (AvgIpc) is 2.88. The van der Waals surface area contributed by atoms with Crippen LogP contribution < -0.4 is 10.6 Å². The van der Waals surface area contributed by atoms with Gasteiger partial charge in [-0.3, -0.25) is 4.79 Å². The Morgan fingerprint density at radius 1 is 1.67 bits per heavy atom. The van der Waals surface area contributed by atoms with Crippen molar-refractivity contribution in [3.8, 4) is 6.07 Å². The largest absolute Gasteiger partial charge is 0.352 e. The number of carbonyl (C=O) groups is 1. The van der Waals surface area contributed by atoms with Crippen LogP contribution in [0.4, 0.5) is 0 Å². The van der Waals surface area contributed by atoms with Crippen LogP contribution in [0, 0.1) is 18.3 Å². The van der Waals surface area contributed by atoms with Gasteiger partial charge in [0.2, 0.25) is 5.91 Å². The highest BCUT2D eigenvalue weighted by Crippen LogP contribution is 2.13. The minimum atomic E-state index is 0.143. The molecule has 96 valence electrons. The molecule has 0 aliphatic carbocycles. The second-order valence-electron chi connectivity index (χ2n) is 4.75. The van der Waals surface area contributed by atoms with Crippen molar-refractivity contribution in [3.63, 3.8) is 0 Å². The van der Waals surface area contributed by atoms with Gasteiger partial charge in [-0.15, -0.1) is 0 Å². The minimum absolute atomic E-state index is 0.143. The van der Waals surface area contributed by atoms with E-state index in [1.54, 1.807) is 0 Å². The topological polar surface area (TPSA) is 69.8 Å². The average molecular weight is 246 g/mol. The molecule has 1 fully saturated rings. The van der Waals surface area contributed by atoms with Gasteiger partial charge in [0.05, 0.1) is 0 Å². The van der Waals surface area contributed by atoms with Gasteiger partial charge in [0, 0.05) is 38.3 Å². The first-order valence-corrected chi connectivity index (χ1v) is 6.17. The summed E-state index contributed by atoms with van der Waals surface area (Å²) in [5, 5.41) is 15.2. The number of hydrogen-bond acceptors (Lipinski definition) is 3. The number of nitrogens with one attached hydrogen (secondary N) is 2. The Morgan fingerprint density at radius 3 is 3.00 bits per heavy atom. The molecule has 1 atom stereocenters. The zero-order chi connectivity index (χ0) is 13.1. The molecule has 1 saturated heterocycles. The second-order valence-corrected chi connectivity index (χ2v) is 4.75. The third kappa shape index (κ3) is 2.54. The van der Waals surface area contributed by atoms with Crippen molar-refractivity contribution in [1.82, 2.24) is 15.2 Å². The number of amides is 1. The maximum Gasteiger partial charge on any atom is 0.220 e. The van der Waals surface area contributed by atoms with Gasteiger partial charge >= 0.3 is 0 Å². The predicted molar refractivity (Wildman–Crippen MR) is 67.7 cm³/mol. The summed E-state index contributed by atoms with van der Waals surface area (Å²) in [5.74, 6) is 0.143. The Bertz CT molecular complexity index is 498. The smallest absolute Gasteiger partial charge is 0.220 e. The predicted octanol–water partition coefficient (Wildman–Crippen LogP) is 0.573. The standard InChI is InChI=1S/C13H18N4O/c1-9-10(5-12(6-14)17(9)2)7-15-8-11-3-4-13(18)16-11/h5,11,15H,3-4,7-8H2,1-2H3,(H,16,18). The Balaban J connectivity index is 1.87. The van der Waals surface area contributed by atoms with Gasteiger partial charge < -0.3 is 15.2 Å². The summed E-state index contributed by atoms with van der Waals surface area (Å²) in [5.41, 5.74) is 2.92. The van der Waals surface area contributed by atoms with E-state index in [2.05, 4.69) is 16.7 Å². The van der Waals surface area contributed by atoms with E-state index in [1.165, 1.54) is 0 Å². The molecule has 1 aromatic rings. The molecular formula is C13H18N4O. The van der Waals surface area contributed by atoms with Crippen LogP contribution in [-0.4, -0.2) is 23.1 Å². The van der Waals surface area contributed by atoms with E-state index in [-0.39, 0.29) is 11.9 Å². The molecule has 18 heavy (non-hydrogen) atoms. The number of nitrogens with zero attached hydrogens (tertiary/aromatic N) is 2. The van der Waals surface area contributed by atoms with Crippen molar-refractivity contribution in [2.24, 2.45) is 7.05 Å². The number of hydrogen-bond donors (Lipinski definition) is 2. The summed E-state index contributed by atoms with van der Waals surface area (Å²) in [6.07, 6.45) is 1.54. The Labute approximate surface area is 107 Å². The SMILES string of the molecule is Cc1c(CNCC2CCC(=O)N2)cc(C#N)n1C. The van der Waals surface area contributed by atoms with E-state index >= 15 is 0 Å². The summed E-state index contributed by atoms with van der Waals surface area (Å²) in [7, 11) is 1.90. The molecule has 0 aromatic carbocycles. The zero-order valence-electron chi connectivity index (χ0n) is 10.8. The van der Waals surface area contributed by atoms with Crippen molar-refractivity contribution in [3.05, 3.63) is 23.0 Å². The van der Waals surface area contributed by atoms with Crippen LogP contribution in [0.5, 0.6) is 0 Å². The van der Waals surface area contributed by atoms with Gasteiger partial charge in [0.1, 0.15) is 11.8 Å².